The second-order valence-corrected chi connectivity index (χ2v) is 6.01. The number of nitrogens with one attached hydrogen (secondary N) is 2. The van der Waals surface area contributed by atoms with E-state index < -0.39 is 0 Å². The fourth-order valence-electron chi connectivity index (χ4n) is 3.23. The molecule has 1 amide bonds. The van der Waals surface area contributed by atoms with Crippen LogP contribution in [-0.2, 0) is 4.79 Å². The fourth-order valence-corrected chi connectivity index (χ4v) is 3.23. The lowest BCUT2D eigenvalue weighted by Crippen LogP contribution is -2.34. The number of carbonyl (C=O) groups is 1. The first kappa shape index (κ1) is 13.9. The number of carbonyl (C=O) groups excluding carboxylic acids is 1. The third-order valence-corrected chi connectivity index (χ3v) is 4.41. The molecular weight excluding hydrogens is 224 g/mol. The van der Waals surface area contributed by atoms with Crippen LogP contribution in [0.15, 0.2) is 0 Å². The van der Waals surface area contributed by atoms with Gasteiger partial charge in [-0.1, -0.05) is 32.1 Å². The molecule has 104 valence electrons. The van der Waals surface area contributed by atoms with Gasteiger partial charge >= 0.3 is 0 Å². The Hall–Kier alpha value is -0.570. The SMILES string of the molecule is O=C(CC1CCCN1)NCC1CCCCCCC1. The van der Waals surface area contributed by atoms with Crippen LogP contribution in [0.5, 0.6) is 0 Å². The molecular formula is C15H28N2O. The quantitative estimate of drug-likeness (QED) is 0.807. The maximum absolute atomic E-state index is 11.8. The first-order valence-corrected chi connectivity index (χ1v) is 7.84. The van der Waals surface area contributed by atoms with Gasteiger partial charge in [0.05, 0.1) is 0 Å². The summed E-state index contributed by atoms with van der Waals surface area (Å²) in [6, 6.07) is 0.433. The van der Waals surface area contributed by atoms with Gasteiger partial charge in [-0.2, -0.15) is 0 Å². The van der Waals surface area contributed by atoms with Crippen molar-refractivity contribution in [2.45, 2.75) is 70.3 Å². The van der Waals surface area contributed by atoms with Crippen molar-refractivity contribution in [2.24, 2.45) is 5.92 Å². The summed E-state index contributed by atoms with van der Waals surface area (Å²) in [4.78, 5) is 11.8. The van der Waals surface area contributed by atoms with Gasteiger partial charge < -0.3 is 10.6 Å². The van der Waals surface area contributed by atoms with E-state index in [1.165, 1.54) is 51.4 Å². The van der Waals surface area contributed by atoms with E-state index in [1.54, 1.807) is 0 Å². The Morgan fingerprint density at radius 2 is 1.72 bits per heavy atom. The van der Waals surface area contributed by atoms with Crippen LogP contribution in [-0.4, -0.2) is 25.0 Å². The Labute approximate surface area is 111 Å². The Kier molecular flexibility index (Phi) is 5.98. The van der Waals surface area contributed by atoms with Crippen molar-refractivity contribution in [2.75, 3.05) is 13.1 Å². The molecule has 1 saturated carbocycles. The standard InChI is InChI=1S/C15H28N2O/c18-15(11-14-9-6-10-16-14)17-12-13-7-4-2-1-3-5-8-13/h13-14,16H,1-12H2,(H,17,18). The molecule has 2 aliphatic rings. The zero-order chi connectivity index (χ0) is 12.6. The molecule has 2 fully saturated rings. The number of hydrogen-bond donors (Lipinski definition) is 2. The van der Waals surface area contributed by atoms with E-state index in [1.807, 2.05) is 0 Å². The van der Waals surface area contributed by atoms with Crippen LogP contribution in [0.25, 0.3) is 0 Å². The Bertz CT molecular complexity index is 241. The second-order valence-electron chi connectivity index (χ2n) is 6.01. The summed E-state index contributed by atoms with van der Waals surface area (Å²) in [5.41, 5.74) is 0. The highest BCUT2D eigenvalue weighted by molar-refractivity contribution is 5.76. The highest BCUT2D eigenvalue weighted by Crippen LogP contribution is 2.21. The lowest BCUT2D eigenvalue weighted by molar-refractivity contribution is -0.121. The van der Waals surface area contributed by atoms with Crippen LogP contribution in [0, 0.1) is 5.92 Å². The topological polar surface area (TPSA) is 41.1 Å². The van der Waals surface area contributed by atoms with Crippen LogP contribution in [0.2, 0.25) is 0 Å². The zero-order valence-electron chi connectivity index (χ0n) is 11.5. The highest BCUT2D eigenvalue weighted by Gasteiger charge is 2.18. The number of hydrogen-bond acceptors (Lipinski definition) is 2. The minimum Gasteiger partial charge on any atom is -0.356 e. The van der Waals surface area contributed by atoms with Crippen LogP contribution in [0.4, 0.5) is 0 Å². The van der Waals surface area contributed by atoms with E-state index in [0.29, 0.717) is 12.5 Å². The van der Waals surface area contributed by atoms with Gasteiger partial charge in [-0.15, -0.1) is 0 Å². The van der Waals surface area contributed by atoms with E-state index in [-0.39, 0.29) is 5.91 Å². The van der Waals surface area contributed by atoms with Crippen molar-refractivity contribution in [3.63, 3.8) is 0 Å². The molecule has 1 unspecified atom stereocenters. The summed E-state index contributed by atoms with van der Waals surface area (Å²) in [7, 11) is 0. The van der Waals surface area contributed by atoms with Crippen LogP contribution in [0.3, 0.4) is 0 Å². The molecule has 0 aromatic heterocycles. The average Bonchev–Trinajstić information content (AvgIpc) is 2.80. The molecule has 2 rings (SSSR count). The summed E-state index contributed by atoms with van der Waals surface area (Å²) < 4.78 is 0. The second kappa shape index (κ2) is 7.78. The molecule has 3 heteroatoms. The molecule has 18 heavy (non-hydrogen) atoms. The minimum atomic E-state index is 0.247. The van der Waals surface area contributed by atoms with E-state index in [4.69, 9.17) is 0 Å². The highest BCUT2D eigenvalue weighted by atomic mass is 16.1. The fraction of sp³-hybridized carbons (Fsp3) is 0.933. The van der Waals surface area contributed by atoms with Gasteiger partial charge in [0.2, 0.25) is 5.91 Å². The maximum atomic E-state index is 11.8. The molecule has 0 aromatic carbocycles. The van der Waals surface area contributed by atoms with E-state index in [9.17, 15) is 4.79 Å². The molecule has 0 spiro atoms. The van der Waals surface area contributed by atoms with Crippen molar-refractivity contribution >= 4 is 5.91 Å². The third kappa shape index (κ3) is 4.97. The first-order valence-electron chi connectivity index (χ1n) is 7.84. The normalized spacial score (nSPS) is 26.6. The summed E-state index contributed by atoms with van der Waals surface area (Å²) in [6.07, 6.45) is 12.6. The summed E-state index contributed by atoms with van der Waals surface area (Å²) in [5.74, 6) is 0.974. The molecule has 0 bridgehead atoms. The van der Waals surface area contributed by atoms with Gasteiger partial charge in [-0.25, -0.2) is 0 Å². The monoisotopic (exact) mass is 252 g/mol. The van der Waals surface area contributed by atoms with Gasteiger partial charge in [0.25, 0.3) is 0 Å². The molecule has 0 radical (unpaired) electrons. The largest absolute Gasteiger partial charge is 0.356 e. The van der Waals surface area contributed by atoms with Crippen LogP contribution < -0.4 is 10.6 Å². The van der Waals surface area contributed by atoms with Crippen molar-refractivity contribution in [1.82, 2.24) is 10.6 Å². The molecule has 1 aliphatic carbocycles. The minimum absolute atomic E-state index is 0.247. The smallest absolute Gasteiger partial charge is 0.221 e. The van der Waals surface area contributed by atoms with E-state index in [2.05, 4.69) is 10.6 Å². The van der Waals surface area contributed by atoms with Gasteiger partial charge in [0.15, 0.2) is 0 Å². The van der Waals surface area contributed by atoms with E-state index in [0.717, 1.165) is 25.4 Å². The molecule has 1 atom stereocenters. The Morgan fingerprint density at radius 3 is 2.39 bits per heavy atom. The molecule has 0 aromatic rings. The van der Waals surface area contributed by atoms with Crippen molar-refractivity contribution in [3.05, 3.63) is 0 Å². The van der Waals surface area contributed by atoms with Crippen LogP contribution in [0.1, 0.15) is 64.2 Å². The first-order chi connectivity index (χ1) is 8.84. The van der Waals surface area contributed by atoms with E-state index >= 15 is 0 Å². The average molecular weight is 252 g/mol. The summed E-state index contributed by atoms with van der Waals surface area (Å²) in [6.45, 7) is 1.99. The molecule has 1 saturated heterocycles. The molecule has 1 heterocycles. The van der Waals surface area contributed by atoms with Gasteiger partial charge in [-0.3, -0.25) is 4.79 Å². The molecule has 2 N–H and O–H groups in total. The molecule has 1 aliphatic heterocycles. The predicted molar refractivity (Wildman–Crippen MR) is 74.5 cm³/mol. The maximum Gasteiger partial charge on any atom is 0.221 e. The molecule has 3 nitrogen and oxygen atoms in total. The third-order valence-electron chi connectivity index (χ3n) is 4.41. The zero-order valence-corrected chi connectivity index (χ0v) is 11.5. The Balaban J connectivity index is 1.61. The lowest BCUT2D eigenvalue weighted by atomic mass is 9.91. The predicted octanol–water partition coefficient (Wildman–Crippen LogP) is 2.61. The number of amides is 1. The van der Waals surface area contributed by atoms with Crippen molar-refractivity contribution in [3.8, 4) is 0 Å². The summed E-state index contributed by atoms with van der Waals surface area (Å²) >= 11 is 0. The van der Waals surface area contributed by atoms with Gasteiger partial charge in [-0.05, 0) is 38.1 Å². The van der Waals surface area contributed by atoms with Crippen LogP contribution >= 0.6 is 0 Å². The summed E-state index contributed by atoms with van der Waals surface area (Å²) in [5, 5.41) is 6.53. The Morgan fingerprint density at radius 1 is 1.00 bits per heavy atom. The van der Waals surface area contributed by atoms with Crippen molar-refractivity contribution < 1.29 is 4.79 Å². The van der Waals surface area contributed by atoms with Gasteiger partial charge in [0.1, 0.15) is 0 Å². The number of rotatable bonds is 4. The van der Waals surface area contributed by atoms with Crippen molar-refractivity contribution in [1.29, 1.82) is 0 Å². The lowest BCUT2D eigenvalue weighted by Gasteiger charge is -2.20. The van der Waals surface area contributed by atoms with Gasteiger partial charge in [0, 0.05) is 19.0 Å².